The summed E-state index contributed by atoms with van der Waals surface area (Å²) in [5.74, 6) is -1.27. The molecule has 0 unspecified atom stereocenters. The van der Waals surface area contributed by atoms with E-state index in [1.54, 1.807) is 13.8 Å². The molecule has 0 aliphatic rings. The molecule has 0 aliphatic heterocycles. The highest BCUT2D eigenvalue weighted by molar-refractivity contribution is 5.72. The van der Waals surface area contributed by atoms with Gasteiger partial charge in [-0.25, -0.2) is 0 Å². The molecule has 1 N–H and O–H groups in total. The molecule has 0 atom stereocenters. The first-order valence-corrected chi connectivity index (χ1v) is 3.66. The van der Waals surface area contributed by atoms with Gasteiger partial charge in [0.25, 0.3) is 0 Å². The molecule has 0 aromatic rings. The summed E-state index contributed by atoms with van der Waals surface area (Å²) < 4.78 is 4.44. The molecule has 0 saturated carbocycles. The fourth-order valence-electron chi connectivity index (χ4n) is 0.935. The van der Waals surface area contributed by atoms with Crippen molar-refractivity contribution in [2.75, 3.05) is 7.11 Å². The number of esters is 1. The fourth-order valence-corrected chi connectivity index (χ4v) is 0.935. The zero-order valence-electron chi connectivity index (χ0n) is 7.59. The first kappa shape index (κ1) is 10.9. The number of carbonyl (C=O) groups excluding carboxylic acids is 1. The molecule has 0 heterocycles. The van der Waals surface area contributed by atoms with E-state index in [9.17, 15) is 9.59 Å². The van der Waals surface area contributed by atoms with Crippen LogP contribution in [0, 0.1) is 5.41 Å². The van der Waals surface area contributed by atoms with Gasteiger partial charge in [-0.2, -0.15) is 0 Å². The highest BCUT2D eigenvalue weighted by Gasteiger charge is 2.25. The van der Waals surface area contributed by atoms with Crippen molar-refractivity contribution in [1.82, 2.24) is 0 Å². The van der Waals surface area contributed by atoms with Crippen LogP contribution in [0.25, 0.3) is 0 Å². The van der Waals surface area contributed by atoms with Gasteiger partial charge < -0.3 is 9.84 Å². The third-order valence-corrected chi connectivity index (χ3v) is 1.48. The predicted octanol–water partition coefficient (Wildman–Crippen LogP) is 1.05. The lowest BCUT2D eigenvalue weighted by Gasteiger charge is -2.19. The second kappa shape index (κ2) is 4.09. The molecule has 0 radical (unpaired) electrons. The molecule has 0 aromatic heterocycles. The standard InChI is InChI=1S/C8H14O4/c1-8(2,4-6(9)10)5-7(11)12-3/h4-5H2,1-3H3,(H,9,10). The predicted molar refractivity (Wildman–Crippen MR) is 42.7 cm³/mol. The number of carboxylic acids is 1. The molecule has 0 saturated heterocycles. The van der Waals surface area contributed by atoms with Crippen LogP contribution in [0.5, 0.6) is 0 Å². The Morgan fingerprint density at radius 2 is 1.83 bits per heavy atom. The molecule has 0 bridgehead atoms. The van der Waals surface area contributed by atoms with Gasteiger partial charge >= 0.3 is 11.9 Å². The molecule has 0 amide bonds. The number of ether oxygens (including phenoxy) is 1. The van der Waals surface area contributed by atoms with E-state index in [1.165, 1.54) is 7.11 Å². The normalized spacial score (nSPS) is 10.9. The monoisotopic (exact) mass is 174 g/mol. The number of carboxylic acid groups (broad SMARTS) is 1. The van der Waals surface area contributed by atoms with Gasteiger partial charge in [0.05, 0.1) is 20.0 Å². The zero-order chi connectivity index (χ0) is 9.78. The van der Waals surface area contributed by atoms with Crippen LogP contribution in [0.2, 0.25) is 0 Å². The van der Waals surface area contributed by atoms with Gasteiger partial charge in [-0.05, 0) is 5.41 Å². The molecule has 12 heavy (non-hydrogen) atoms. The van der Waals surface area contributed by atoms with Crippen LogP contribution in [0.3, 0.4) is 0 Å². The second-order valence-corrected chi connectivity index (χ2v) is 3.49. The van der Waals surface area contributed by atoms with E-state index in [-0.39, 0.29) is 18.8 Å². The lowest BCUT2D eigenvalue weighted by atomic mass is 9.86. The first-order chi connectivity index (χ1) is 5.37. The number of rotatable bonds is 4. The highest BCUT2D eigenvalue weighted by atomic mass is 16.5. The van der Waals surface area contributed by atoms with E-state index in [2.05, 4.69) is 4.74 Å². The molecule has 70 valence electrons. The molecule has 0 rings (SSSR count). The quantitative estimate of drug-likeness (QED) is 0.647. The molecule has 4 nitrogen and oxygen atoms in total. The molecular formula is C8H14O4. The minimum atomic E-state index is -0.899. The maximum Gasteiger partial charge on any atom is 0.306 e. The van der Waals surface area contributed by atoms with Crippen molar-refractivity contribution in [2.24, 2.45) is 5.41 Å². The summed E-state index contributed by atoms with van der Waals surface area (Å²) >= 11 is 0. The van der Waals surface area contributed by atoms with Gasteiger partial charge in [-0.3, -0.25) is 9.59 Å². The van der Waals surface area contributed by atoms with Crippen molar-refractivity contribution in [1.29, 1.82) is 0 Å². The minimum absolute atomic E-state index is 0.0257. The van der Waals surface area contributed by atoms with Crippen LogP contribution in [0.1, 0.15) is 26.7 Å². The summed E-state index contributed by atoms with van der Waals surface area (Å²) in [6.45, 7) is 3.44. The van der Waals surface area contributed by atoms with E-state index in [0.29, 0.717) is 0 Å². The van der Waals surface area contributed by atoms with Gasteiger partial charge in [0.2, 0.25) is 0 Å². The Kier molecular flexibility index (Phi) is 3.73. The Hall–Kier alpha value is -1.06. The zero-order valence-corrected chi connectivity index (χ0v) is 7.59. The molecule has 0 spiro atoms. The summed E-state index contributed by atoms with van der Waals surface area (Å²) in [6.07, 6.45) is 0.109. The van der Waals surface area contributed by atoms with E-state index in [1.807, 2.05) is 0 Å². The lowest BCUT2D eigenvalue weighted by Crippen LogP contribution is -2.21. The van der Waals surface area contributed by atoms with Crippen LogP contribution in [0.15, 0.2) is 0 Å². The molecule has 0 aliphatic carbocycles. The second-order valence-electron chi connectivity index (χ2n) is 3.49. The Morgan fingerprint density at radius 1 is 1.33 bits per heavy atom. The topological polar surface area (TPSA) is 63.6 Å². The van der Waals surface area contributed by atoms with Gasteiger partial charge in [-0.15, -0.1) is 0 Å². The molecule has 4 heteroatoms. The lowest BCUT2D eigenvalue weighted by molar-refractivity contribution is -0.145. The molecule has 0 fully saturated rings. The average molecular weight is 174 g/mol. The maximum absolute atomic E-state index is 10.8. The van der Waals surface area contributed by atoms with Gasteiger partial charge in [0, 0.05) is 0 Å². The van der Waals surface area contributed by atoms with Crippen LogP contribution in [-0.4, -0.2) is 24.2 Å². The number of hydrogen-bond acceptors (Lipinski definition) is 3. The van der Waals surface area contributed by atoms with E-state index in [0.717, 1.165) is 0 Å². The van der Waals surface area contributed by atoms with Crippen molar-refractivity contribution in [2.45, 2.75) is 26.7 Å². The summed E-state index contributed by atoms with van der Waals surface area (Å²) in [7, 11) is 1.29. The first-order valence-electron chi connectivity index (χ1n) is 3.66. The maximum atomic E-state index is 10.8. The van der Waals surface area contributed by atoms with E-state index >= 15 is 0 Å². The Balaban J connectivity index is 4.03. The van der Waals surface area contributed by atoms with Crippen molar-refractivity contribution >= 4 is 11.9 Å². The largest absolute Gasteiger partial charge is 0.481 e. The molecular weight excluding hydrogens is 160 g/mol. The summed E-state index contributed by atoms with van der Waals surface area (Å²) in [4.78, 5) is 21.1. The van der Waals surface area contributed by atoms with Crippen molar-refractivity contribution < 1.29 is 19.4 Å². The molecule has 0 aromatic carbocycles. The van der Waals surface area contributed by atoms with Crippen LogP contribution >= 0.6 is 0 Å². The van der Waals surface area contributed by atoms with Crippen LogP contribution in [0.4, 0.5) is 0 Å². The number of methoxy groups -OCH3 is 1. The van der Waals surface area contributed by atoms with Crippen LogP contribution < -0.4 is 0 Å². The van der Waals surface area contributed by atoms with Gasteiger partial charge in [0.15, 0.2) is 0 Å². The van der Waals surface area contributed by atoms with Gasteiger partial charge in [0.1, 0.15) is 0 Å². The van der Waals surface area contributed by atoms with Crippen molar-refractivity contribution in [3.8, 4) is 0 Å². The minimum Gasteiger partial charge on any atom is -0.481 e. The SMILES string of the molecule is COC(=O)CC(C)(C)CC(=O)O. The average Bonchev–Trinajstić information content (AvgIpc) is 1.83. The smallest absolute Gasteiger partial charge is 0.306 e. The Bertz CT molecular complexity index is 183. The fraction of sp³-hybridized carbons (Fsp3) is 0.750. The summed E-state index contributed by atoms with van der Waals surface area (Å²) in [6, 6.07) is 0. The Labute approximate surface area is 71.5 Å². The Morgan fingerprint density at radius 3 is 2.17 bits per heavy atom. The van der Waals surface area contributed by atoms with E-state index in [4.69, 9.17) is 5.11 Å². The van der Waals surface area contributed by atoms with E-state index < -0.39 is 11.4 Å². The third-order valence-electron chi connectivity index (χ3n) is 1.48. The van der Waals surface area contributed by atoms with Crippen molar-refractivity contribution in [3.05, 3.63) is 0 Å². The summed E-state index contributed by atoms with van der Waals surface area (Å²) in [5, 5.41) is 8.48. The highest BCUT2D eigenvalue weighted by Crippen LogP contribution is 2.25. The number of aliphatic carboxylic acids is 1. The number of hydrogen-bond donors (Lipinski definition) is 1. The van der Waals surface area contributed by atoms with Crippen LogP contribution in [-0.2, 0) is 14.3 Å². The summed E-state index contributed by atoms with van der Waals surface area (Å²) in [5.41, 5.74) is -0.529. The van der Waals surface area contributed by atoms with Gasteiger partial charge in [-0.1, -0.05) is 13.8 Å². The van der Waals surface area contributed by atoms with Crippen molar-refractivity contribution in [3.63, 3.8) is 0 Å². The number of carbonyl (C=O) groups is 2. The third kappa shape index (κ3) is 4.71.